The molecule has 0 amide bonds. The molecule has 8 aromatic carbocycles. The number of furan rings is 1. The van der Waals surface area contributed by atoms with Gasteiger partial charge in [-0.25, -0.2) is 0 Å². The van der Waals surface area contributed by atoms with Crippen LogP contribution in [0.15, 0.2) is 192 Å². The normalized spacial score (nSPS) is 13.3. The Morgan fingerprint density at radius 3 is 1.79 bits per heavy atom. The first kappa shape index (κ1) is 28.9. The molecule has 0 bridgehead atoms. The van der Waals surface area contributed by atoms with Gasteiger partial charge >= 0.3 is 0 Å². The smallest absolute Gasteiger partial charge is 0.159 e. The Kier molecular flexibility index (Phi) is 6.17. The lowest BCUT2D eigenvalue weighted by molar-refractivity contribution is 0.436. The Hall–Kier alpha value is -6.84. The van der Waals surface area contributed by atoms with E-state index in [1.54, 1.807) is 0 Å². The third-order valence-electron chi connectivity index (χ3n) is 10.9. The van der Waals surface area contributed by atoms with Crippen LogP contribution in [0.3, 0.4) is 0 Å². The first-order valence-electron chi connectivity index (χ1n) is 17.8. The summed E-state index contributed by atoms with van der Waals surface area (Å²) in [6, 6.07) is 67.1. The molecule has 0 saturated heterocycles. The van der Waals surface area contributed by atoms with Crippen molar-refractivity contribution in [3.63, 3.8) is 0 Å². The number of anilines is 3. The van der Waals surface area contributed by atoms with Gasteiger partial charge in [-0.1, -0.05) is 140 Å². The van der Waals surface area contributed by atoms with Gasteiger partial charge < -0.3 is 14.1 Å². The molecular weight excluding hydrogens is 635 g/mol. The highest BCUT2D eigenvalue weighted by atomic mass is 16.5. The standard InChI is InChI=1S/C49H31NO2/c1-2-13-32(14-3-1)33-25-27-34(28-26-33)50(44-21-12-17-38-37-16-5-9-22-45(37)52-48(38)44)35-29-30-41-39(31-35)36-15-4-6-18-40(36)49(41)42-19-7-10-23-46(42)51-47-24-11-8-20-43(47)49/h1-31H. The minimum Gasteiger partial charge on any atom is -0.457 e. The maximum absolute atomic E-state index is 6.66. The predicted molar refractivity (Wildman–Crippen MR) is 211 cm³/mol. The number of hydrogen-bond acceptors (Lipinski definition) is 3. The second-order valence-corrected chi connectivity index (χ2v) is 13.6. The molecule has 0 fully saturated rings. The first-order valence-corrected chi connectivity index (χ1v) is 17.8. The molecule has 11 rings (SSSR count). The van der Waals surface area contributed by atoms with Crippen LogP contribution in [0.4, 0.5) is 17.1 Å². The largest absolute Gasteiger partial charge is 0.457 e. The molecule has 2 aliphatic rings. The topological polar surface area (TPSA) is 25.6 Å². The van der Waals surface area contributed by atoms with Crippen molar-refractivity contribution in [2.24, 2.45) is 0 Å². The fourth-order valence-corrected chi connectivity index (χ4v) is 8.76. The maximum Gasteiger partial charge on any atom is 0.159 e. The van der Waals surface area contributed by atoms with Gasteiger partial charge in [-0.3, -0.25) is 0 Å². The average Bonchev–Trinajstić information content (AvgIpc) is 3.73. The van der Waals surface area contributed by atoms with Crippen LogP contribution >= 0.6 is 0 Å². The van der Waals surface area contributed by atoms with E-state index in [0.29, 0.717) is 0 Å². The van der Waals surface area contributed by atoms with Gasteiger partial charge in [0, 0.05) is 33.3 Å². The van der Waals surface area contributed by atoms with E-state index < -0.39 is 5.41 Å². The van der Waals surface area contributed by atoms with Crippen molar-refractivity contribution < 1.29 is 9.15 Å². The van der Waals surface area contributed by atoms with E-state index in [4.69, 9.17) is 9.15 Å². The Morgan fingerprint density at radius 1 is 0.404 bits per heavy atom. The molecular formula is C49H31NO2. The number of para-hydroxylation sites is 4. The summed E-state index contributed by atoms with van der Waals surface area (Å²) in [5.41, 5.74) is 14.0. The zero-order chi connectivity index (χ0) is 34.2. The number of ether oxygens (including phenoxy) is 1. The van der Waals surface area contributed by atoms with Crippen molar-refractivity contribution in [3.05, 3.63) is 210 Å². The molecule has 9 aromatic rings. The molecule has 0 saturated carbocycles. The van der Waals surface area contributed by atoms with Crippen LogP contribution in [-0.4, -0.2) is 0 Å². The van der Waals surface area contributed by atoms with E-state index in [1.807, 2.05) is 12.1 Å². The Bertz CT molecular complexity index is 2790. The number of benzene rings is 8. The second-order valence-electron chi connectivity index (χ2n) is 13.6. The minimum absolute atomic E-state index is 0.517. The highest BCUT2D eigenvalue weighted by molar-refractivity contribution is 6.10. The SMILES string of the molecule is c1ccc(-c2ccc(N(c3ccc4c(c3)-c3ccccc3C43c4ccccc4Oc4ccccc43)c3cccc4c3oc3ccccc34)cc2)cc1. The van der Waals surface area contributed by atoms with E-state index in [-0.39, 0.29) is 0 Å². The summed E-state index contributed by atoms with van der Waals surface area (Å²) in [7, 11) is 0. The summed E-state index contributed by atoms with van der Waals surface area (Å²) in [5, 5.41) is 2.21. The van der Waals surface area contributed by atoms with E-state index in [1.165, 1.54) is 33.4 Å². The molecule has 1 spiro atoms. The lowest BCUT2D eigenvalue weighted by Gasteiger charge is -2.39. The highest BCUT2D eigenvalue weighted by Gasteiger charge is 2.51. The number of nitrogens with zero attached hydrogens (tertiary/aromatic N) is 1. The van der Waals surface area contributed by atoms with Gasteiger partial charge in [-0.15, -0.1) is 0 Å². The monoisotopic (exact) mass is 665 g/mol. The Labute approximate surface area is 301 Å². The zero-order valence-electron chi connectivity index (χ0n) is 28.2. The zero-order valence-corrected chi connectivity index (χ0v) is 28.2. The second kappa shape index (κ2) is 11.1. The molecule has 0 unspecified atom stereocenters. The fourth-order valence-electron chi connectivity index (χ4n) is 8.76. The number of hydrogen-bond donors (Lipinski definition) is 0. The molecule has 2 heterocycles. The molecule has 3 heteroatoms. The van der Waals surface area contributed by atoms with E-state index in [9.17, 15) is 0 Å². The molecule has 52 heavy (non-hydrogen) atoms. The van der Waals surface area contributed by atoms with Gasteiger partial charge in [0.05, 0.1) is 11.1 Å². The molecule has 244 valence electrons. The maximum atomic E-state index is 6.66. The van der Waals surface area contributed by atoms with Crippen LogP contribution in [-0.2, 0) is 5.41 Å². The van der Waals surface area contributed by atoms with Crippen LogP contribution in [0, 0.1) is 0 Å². The number of rotatable bonds is 4. The van der Waals surface area contributed by atoms with Crippen LogP contribution in [0.25, 0.3) is 44.2 Å². The summed E-state index contributed by atoms with van der Waals surface area (Å²) in [6.45, 7) is 0. The van der Waals surface area contributed by atoms with E-state index in [2.05, 4.69) is 181 Å². The highest BCUT2D eigenvalue weighted by Crippen LogP contribution is 2.62. The van der Waals surface area contributed by atoms with Crippen molar-refractivity contribution >= 4 is 39.0 Å². The Morgan fingerprint density at radius 2 is 1.00 bits per heavy atom. The van der Waals surface area contributed by atoms with Crippen molar-refractivity contribution in [3.8, 4) is 33.8 Å². The van der Waals surface area contributed by atoms with Gasteiger partial charge in [-0.05, 0) is 81.9 Å². The molecule has 0 radical (unpaired) electrons. The molecule has 0 N–H and O–H groups in total. The van der Waals surface area contributed by atoms with Crippen LogP contribution in [0.1, 0.15) is 22.3 Å². The van der Waals surface area contributed by atoms with Crippen LogP contribution < -0.4 is 9.64 Å². The van der Waals surface area contributed by atoms with E-state index in [0.717, 1.165) is 61.6 Å². The van der Waals surface area contributed by atoms with Gasteiger partial charge in [-0.2, -0.15) is 0 Å². The van der Waals surface area contributed by atoms with Gasteiger partial charge in [0.25, 0.3) is 0 Å². The predicted octanol–water partition coefficient (Wildman–Crippen LogP) is 13.2. The van der Waals surface area contributed by atoms with Gasteiger partial charge in [0.1, 0.15) is 17.1 Å². The first-order chi connectivity index (χ1) is 25.8. The molecule has 1 aliphatic carbocycles. The molecule has 1 aliphatic heterocycles. The van der Waals surface area contributed by atoms with Crippen molar-refractivity contribution in [1.82, 2.24) is 0 Å². The third-order valence-corrected chi connectivity index (χ3v) is 10.9. The summed E-state index contributed by atoms with van der Waals surface area (Å²) in [6.07, 6.45) is 0. The summed E-state index contributed by atoms with van der Waals surface area (Å²) in [5.74, 6) is 1.79. The fraction of sp³-hybridized carbons (Fsp3) is 0.0204. The van der Waals surface area contributed by atoms with Crippen molar-refractivity contribution in [1.29, 1.82) is 0 Å². The molecule has 3 nitrogen and oxygen atoms in total. The quantitative estimate of drug-likeness (QED) is 0.187. The Balaban J connectivity index is 1.17. The van der Waals surface area contributed by atoms with E-state index >= 15 is 0 Å². The molecule has 1 aromatic heterocycles. The lowest BCUT2D eigenvalue weighted by atomic mass is 9.66. The number of fused-ring (bicyclic) bond motifs is 12. The lowest BCUT2D eigenvalue weighted by Crippen LogP contribution is -2.32. The third kappa shape index (κ3) is 4.02. The summed E-state index contributed by atoms with van der Waals surface area (Å²) in [4.78, 5) is 2.35. The van der Waals surface area contributed by atoms with Crippen molar-refractivity contribution in [2.45, 2.75) is 5.41 Å². The minimum atomic E-state index is -0.517. The average molecular weight is 666 g/mol. The van der Waals surface area contributed by atoms with Crippen LogP contribution in [0.5, 0.6) is 11.5 Å². The summed E-state index contributed by atoms with van der Waals surface area (Å²) < 4.78 is 13.2. The van der Waals surface area contributed by atoms with Crippen LogP contribution in [0.2, 0.25) is 0 Å². The van der Waals surface area contributed by atoms with Crippen molar-refractivity contribution in [2.75, 3.05) is 4.90 Å². The molecule has 0 atom stereocenters. The summed E-state index contributed by atoms with van der Waals surface area (Å²) >= 11 is 0. The van der Waals surface area contributed by atoms with Gasteiger partial charge in [0.2, 0.25) is 0 Å². The van der Waals surface area contributed by atoms with Gasteiger partial charge in [0.15, 0.2) is 5.58 Å².